The fraction of sp³-hybridized carbons (Fsp3) is 0.500. The summed E-state index contributed by atoms with van der Waals surface area (Å²) < 4.78 is 0. The van der Waals surface area contributed by atoms with Gasteiger partial charge >= 0.3 is 5.69 Å². The molecule has 2 rings (SSSR count). The van der Waals surface area contributed by atoms with Crippen molar-refractivity contribution in [1.82, 2.24) is 14.9 Å². The molecular weight excluding hydrogens is 266 g/mol. The van der Waals surface area contributed by atoms with E-state index < -0.39 is 4.92 Å². The molecular formula is C10H15N7O3. The number of hydrogen-bond acceptors (Lipinski definition) is 8. The van der Waals surface area contributed by atoms with Crippen LogP contribution in [0.4, 0.5) is 17.3 Å². The predicted octanol–water partition coefficient (Wildman–Crippen LogP) is -0.295. The van der Waals surface area contributed by atoms with Crippen LogP contribution in [0, 0.1) is 10.1 Å². The zero-order chi connectivity index (χ0) is 14.5. The van der Waals surface area contributed by atoms with Gasteiger partial charge in [-0.1, -0.05) is 0 Å². The Morgan fingerprint density at radius 3 is 2.65 bits per heavy atom. The van der Waals surface area contributed by atoms with Crippen LogP contribution in [0.1, 0.15) is 12.8 Å². The van der Waals surface area contributed by atoms with Gasteiger partial charge < -0.3 is 15.6 Å². The van der Waals surface area contributed by atoms with Crippen molar-refractivity contribution in [2.75, 3.05) is 30.4 Å². The molecule has 10 heteroatoms. The fourth-order valence-corrected chi connectivity index (χ4v) is 2.02. The Balaban J connectivity index is 2.09. The second-order valence-corrected chi connectivity index (χ2v) is 4.26. The molecule has 1 aromatic heterocycles. The minimum atomic E-state index is -0.655. The lowest BCUT2D eigenvalue weighted by molar-refractivity contribution is -0.383. The first-order chi connectivity index (χ1) is 9.63. The van der Waals surface area contributed by atoms with Crippen molar-refractivity contribution in [3.8, 4) is 0 Å². The summed E-state index contributed by atoms with van der Waals surface area (Å²) >= 11 is 0. The number of nitro groups is 1. The van der Waals surface area contributed by atoms with Gasteiger partial charge in [-0.15, -0.1) is 0 Å². The van der Waals surface area contributed by atoms with Crippen molar-refractivity contribution in [1.29, 1.82) is 0 Å². The smallest absolute Gasteiger partial charge is 0.354 e. The monoisotopic (exact) mass is 281 g/mol. The Hall–Kier alpha value is -2.49. The number of likely N-dealkylation sites (tertiary alicyclic amines) is 1. The highest BCUT2D eigenvalue weighted by atomic mass is 16.6. The van der Waals surface area contributed by atoms with Crippen molar-refractivity contribution in [3.63, 3.8) is 0 Å². The number of anilines is 2. The Kier molecular flexibility index (Phi) is 4.25. The molecule has 20 heavy (non-hydrogen) atoms. The lowest BCUT2D eigenvalue weighted by Gasteiger charge is -2.15. The number of carbonyl (C=O) groups is 1. The van der Waals surface area contributed by atoms with Gasteiger partial charge in [0.25, 0.3) is 0 Å². The van der Waals surface area contributed by atoms with Crippen LogP contribution in [0.15, 0.2) is 6.33 Å². The summed E-state index contributed by atoms with van der Waals surface area (Å²) in [6.07, 6.45) is 3.10. The maximum Gasteiger partial charge on any atom is 0.354 e. The molecule has 0 unspecified atom stereocenters. The van der Waals surface area contributed by atoms with E-state index >= 15 is 0 Å². The molecule has 0 bridgehead atoms. The molecule has 10 nitrogen and oxygen atoms in total. The quantitative estimate of drug-likeness (QED) is 0.380. The van der Waals surface area contributed by atoms with Crippen LogP contribution in [0.3, 0.4) is 0 Å². The average Bonchev–Trinajstić information content (AvgIpc) is 2.98. The van der Waals surface area contributed by atoms with E-state index in [1.165, 1.54) is 0 Å². The molecule has 1 aromatic rings. The third-order valence-corrected chi connectivity index (χ3v) is 3.01. The number of nitrogens with two attached hydrogens (primary N) is 1. The molecule has 2 heterocycles. The molecule has 0 aromatic carbocycles. The molecule has 0 saturated carbocycles. The van der Waals surface area contributed by atoms with Gasteiger partial charge in [-0.25, -0.2) is 15.8 Å². The number of carbonyl (C=O) groups excluding carboxylic acids is 1. The summed E-state index contributed by atoms with van der Waals surface area (Å²) in [5.41, 5.74) is 1.75. The maximum atomic E-state index is 11.9. The van der Waals surface area contributed by atoms with Gasteiger partial charge in [-0.3, -0.25) is 14.9 Å². The first kappa shape index (κ1) is 13.9. The van der Waals surface area contributed by atoms with Crippen molar-refractivity contribution < 1.29 is 9.72 Å². The summed E-state index contributed by atoms with van der Waals surface area (Å²) in [7, 11) is 0. The van der Waals surface area contributed by atoms with Crippen molar-refractivity contribution in [3.05, 3.63) is 16.4 Å². The molecule has 1 aliphatic heterocycles. The lowest BCUT2D eigenvalue weighted by Crippen LogP contribution is -2.33. The van der Waals surface area contributed by atoms with E-state index in [0.29, 0.717) is 0 Å². The highest BCUT2D eigenvalue weighted by molar-refractivity contribution is 5.82. The van der Waals surface area contributed by atoms with E-state index in [1.807, 2.05) is 0 Å². The topological polar surface area (TPSA) is 139 Å². The van der Waals surface area contributed by atoms with Gasteiger partial charge in [-0.05, 0) is 12.8 Å². The highest BCUT2D eigenvalue weighted by Gasteiger charge is 2.24. The zero-order valence-corrected chi connectivity index (χ0v) is 10.7. The SMILES string of the molecule is NNc1ncnc(NCC(=O)N2CCCC2)c1[N+](=O)[O-]. The fourth-order valence-electron chi connectivity index (χ4n) is 2.02. The normalized spacial score (nSPS) is 14.2. The van der Waals surface area contributed by atoms with Gasteiger partial charge in [-0.2, -0.15) is 0 Å². The second kappa shape index (κ2) is 6.10. The van der Waals surface area contributed by atoms with Crippen molar-refractivity contribution >= 4 is 23.2 Å². The van der Waals surface area contributed by atoms with Gasteiger partial charge in [0.1, 0.15) is 6.33 Å². The molecule has 0 spiro atoms. The Morgan fingerprint density at radius 1 is 1.40 bits per heavy atom. The lowest BCUT2D eigenvalue weighted by atomic mass is 10.4. The van der Waals surface area contributed by atoms with Crippen LogP contribution in [0.2, 0.25) is 0 Å². The van der Waals surface area contributed by atoms with E-state index in [0.717, 1.165) is 32.3 Å². The van der Waals surface area contributed by atoms with Crippen LogP contribution in [0.5, 0.6) is 0 Å². The molecule has 1 fully saturated rings. The van der Waals surface area contributed by atoms with Crippen molar-refractivity contribution in [2.45, 2.75) is 12.8 Å². The molecule has 0 radical (unpaired) electrons. The molecule has 0 aliphatic carbocycles. The summed E-state index contributed by atoms with van der Waals surface area (Å²) in [5, 5.41) is 13.7. The summed E-state index contributed by atoms with van der Waals surface area (Å²) in [4.78, 5) is 31.4. The summed E-state index contributed by atoms with van der Waals surface area (Å²) in [5.74, 6) is 4.91. The number of nitrogen functional groups attached to an aromatic ring is 1. The largest absolute Gasteiger partial charge is 0.355 e. The van der Waals surface area contributed by atoms with E-state index in [4.69, 9.17) is 5.84 Å². The number of nitrogens with zero attached hydrogens (tertiary/aromatic N) is 4. The van der Waals surface area contributed by atoms with Crippen LogP contribution in [-0.4, -0.2) is 45.3 Å². The van der Waals surface area contributed by atoms with Gasteiger partial charge in [0.05, 0.1) is 11.5 Å². The minimum absolute atomic E-state index is 0.0366. The average molecular weight is 281 g/mol. The zero-order valence-electron chi connectivity index (χ0n) is 10.7. The second-order valence-electron chi connectivity index (χ2n) is 4.26. The number of hydrogen-bond donors (Lipinski definition) is 3. The van der Waals surface area contributed by atoms with Crippen molar-refractivity contribution in [2.24, 2.45) is 5.84 Å². The van der Waals surface area contributed by atoms with E-state index in [2.05, 4.69) is 20.7 Å². The number of aromatic nitrogens is 2. The predicted molar refractivity (Wildman–Crippen MR) is 70.8 cm³/mol. The molecule has 0 atom stereocenters. The van der Waals surface area contributed by atoms with E-state index in [1.54, 1.807) is 4.90 Å². The van der Waals surface area contributed by atoms with Crippen LogP contribution in [0.25, 0.3) is 0 Å². The number of rotatable bonds is 5. The van der Waals surface area contributed by atoms with Crippen LogP contribution >= 0.6 is 0 Å². The highest BCUT2D eigenvalue weighted by Crippen LogP contribution is 2.27. The molecule has 4 N–H and O–H groups in total. The molecule has 108 valence electrons. The van der Waals surface area contributed by atoms with E-state index in [9.17, 15) is 14.9 Å². The molecule has 1 aliphatic rings. The Bertz CT molecular complexity index is 516. The number of hydrazine groups is 1. The molecule has 1 saturated heterocycles. The third kappa shape index (κ3) is 2.91. The third-order valence-electron chi connectivity index (χ3n) is 3.01. The van der Waals surface area contributed by atoms with Gasteiger partial charge in [0.15, 0.2) is 0 Å². The minimum Gasteiger partial charge on any atom is -0.355 e. The van der Waals surface area contributed by atoms with E-state index in [-0.39, 0.29) is 29.8 Å². The first-order valence-corrected chi connectivity index (χ1v) is 6.11. The van der Waals surface area contributed by atoms with Crippen LogP contribution in [-0.2, 0) is 4.79 Å². The Labute approximate surface area is 114 Å². The Morgan fingerprint density at radius 2 is 2.05 bits per heavy atom. The number of nitrogens with one attached hydrogen (secondary N) is 2. The molecule has 1 amide bonds. The summed E-state index contributed by atoms with van der Waals surface area (Å²) in [6.45, 7) is 1.39. The number of amides is 1. The maximum absolute atomic E-state index is 11.9. The van der Waals surface area contributed by atoms with Crippen LogP contribution < -0.4 is 16.6 Å². The van der Waals surface area contributed by atoms with Gasteiger partial charge in [0, 0.05) is 13.1 Å². The van der Waals surface area contributed by atoms with Gasteiger partial charge in [0.2, 0.25) is 17.5 Å². The summed E-state index contributed by atoms with van der Waals surface area (Å²) in [6, 6.07) is 0. The standard InChI is InChI=1S/C10H15N7O3/c11-15-10-8(17(19)20)9(13-6-14-10)12-5-7(18)16-3-1-2-4-16/h6H,1-5,11H2,(H2,12,13,14,15). The first-order valence-electron chi connectivity index (χ1n) is 6.11.